The van der Waals surface area contributed by atoms with Crippen LogP contribution in [0.25, 0.3) is 0 Å². The highest BCUT2D eigenvalue weighted by Crippen LogP contribution is 2.27. The summed E-state index contributed by atoms with van der Waals surface area (Å²) in [7, 11) is -3.90. The SMILES string of the molecule is CCCOc1ncccc1CNC(=O)c1cc(S(=O)(=O)N(CC)c2ccccc2)ccc1Cl. The molecule has 7 nitrogen and oxygen atoms in total. The molecule has 0 radical (unpaired) electrons. The molecule has 0 fully saturated rings. The van der Waals surface area contributed by atoms with Gasteiger partial charge in [-0.2, -0.15) is 0 Å². The van der Waals surface area contributed by atoms with Gasteiger partial charge in [0, 0.05) is 24.8 Å². The van der Waals surface area contributed by atoms with Crippen molar-refractivity contribution in [3.63, 3.8) is 0 Å². The molecule has 1 amide bonds. The minimum absolute atomic E-state index is 0.0175. The molecule has 0 spiro atoms. The normalized spacial score (nSPS) is 11.1. The number of sulfonamides is 1. The first-order chi connectivity index (χ1) is 15.9. The van der Waals surface area contributed by atoms with E-state index >= 15 is 0 Å². The second kappa shape index (κ2) is 11.2. The van der Waals surface area contributed by atoms with Crippen molar-refractivity contribution in [1.82, 2.24) is 10.3 Å². The minimum Gasteiger partial charge on any atom is -0.477 e. The fourth-order valence-corrected chi connectivity index (χ4v) is 4.91. The molecule has 0 atom stereocenters. The van der Waals surface area contributed by atoms with Crippen LogP contribution in [-0.4, -0.2) is 32.5 Å². The quantitative estimate of drug-likeness (QED) is 0.449. The van der Waals surface area contributed by atoms with Crippen molar-refractivity contribution in [2.75, 3.05) is 17.5 Å². The number of halogens is 1. The smallest absolute Gasteiger partial charge is 0.264 e. The molecule has 174 valence electrons. The number of carbonyl (C=O) groups excluding carboxylic acids is 1. The number of amides is 1. The third kappa shape index (κ3) is 5.83. The summed E-state index contributed by atoms with van der Waals surface area (Å²) in [5.41, 5.74) is 1.32. The zero-order valence-electron chi connectivity index (χ0n) is 18.5. The summed E-state index contributed by atoms with van der Waals surface area (Å²) in [5, 5.41) is 2.93. The number of anilines is 1. The lowest BCUT2D eigenvalue weighted by molar-refractivity contribution is 0.0950. The van der Waals surface area contributed by atoms with E-state index in [1.807, 2.05) is 13.0 Å². The van der Waals surface area contributed by atoms with Crippen LogP contribution in [0.1, 0.15) is 36.2 Å². The number of hydrogen-bond donors (Lipinski definition) is 1. The average Bonchev–Trinajstić information content (AvgIpc) is 2.82. The van der Waals surface area contributed by atoms with Crippen molar-refractivity contribution in [2.24, 2.45) is 0 Å². The van der Waals surface area contributed by atoms with Gasteiger partial charge in [0.25, 0.3) is 15.9 Å². The number of aromatic nitrogens is 1. The van der Waals surface area contributed by atoms with E-state index in [1.165, 1.54) is 22.5 Å². The Morgan fingerprint density at radius 3 is 2.55 bits per heavy atom. The van der Waals surface area contributed by atoms with Gasteiger partial charge in [-0.3, -0.25) is 9.10 Å². The first-order valence-electron chi connectivity index (χ1n) is 10.6. The first-order valence-corrected chi connectivity index (χ1v) is 12.4. The van der Waals surface area contributed by atoms with E-state index in [-0.39, 0.29) is 28.6 Å². The monoisotopic (exact) mass is 487 g/mol. The minimum atomic E-state index is -3.90. The van der Waals surface area contributed by atoms with Crippen LogP contribution in [0.2, 0.25) is 5.02 Å². The highest BCUT2D eigenvalue weighted by Gasteiger charge is 2.25. The number of nitrogens with zero attached hydrogens (tertiary/aromatic N) is 2. The molecule has 0 bridgehead atoms. The summed E-state index contributed by atoms with van der Waals surface area (Å²) in [6.07, 6.45) is 2.45. The fourth-order valence-electron chi connectivity index (χ4n) is 3.21. The first kappa shape index (κ1) is 24.5. The van der Waals surface area contributed by atoms with Crippen molar-refractivity contribution in [1.29, 1.82) is 0 Å². The Kier molecular flexibility index (Phi) is 8.30. The van der Waals surface area contributed by atoms with Gasteiger partial charge in [0.2, 0.25) is 5.88 Å². The molecule has 3 rings (SSSR count). The molecule has 0 saturated heterocycles. The highest BCUT2D eigenvalue weighted by molar-refractivity contribution is 7.92. The fraction of sp³-hybridized carbons (Fsp3) is 0.250. The van der Waals surface area contributed by atoms with Crippen molar-refractivity contribution in [2.45, 2.75) is 31.7 Å². The summed E-state index contributed by atoms with van der Waals surface area (Å²) in [6, 6.07) is 16.5. The van der Waals surface area contributed by atoms with Crippen molar-refractivity contribution < 1.29 is 17.9 Å². The number of para-hydroxylation sites is 1. The summed E-state index contributed by atoms with van der Waals surface area (Å²) < 4.78 is 33.5. The molecule has 1 aromatic heterocycles. The van der Waals surface area contributed by atoms with Gasteiger partial charge in [-0.15, -0.1) is 0 Å². The van der Waals surface area contributed by atoms with Crippen LogP contribution in [-0.2, 0) is 16.6 Å². The molecule has 9 heteroatoms. The van der Waals surface area contributed by atoms with E-state index in [2.05, 4.69) is 10.3 Å². The number of benzene rings is 2. The highest BCUT2D eigenvalue weighted by atomic mass is 35.5. The predicted molar refractivity (Wildman–Crippen MR) is 129 cm³/mol. The van der Waals surface area contributed by atoms with Gasteiger partial charge in [0.1, 0.15) is 0 Å². The molecular weight excluding hydrogens is 462 g/mol. The Morgan fingerprint density at radius 1 is 1.09 bits per heavy atom. The average molecular weight is 488 g/mol. The lowest BCUT2D eigenvalue weighted by Crippen LogP contribution is -2.31. The summed E-state index contributed by atoms with van der Waals surface area (Å²) in [6.45, 7) is 4.65. The zero-order chi connectivity index (χ0) is 23.8. The molecule has 0 unspecified atom stereocenters. The van der Waals surface area contributed by atoms with E-state index in [0.717, 1.165) is 6.42 Å². The standard InChI is InChI=1S/C24H26ClN3O4S/c1-3-15-32-24-18(9-8-14-26-24)17-27-23(29)21-16-20(12-13-22(21)25)33(30,31)28(4-2)19-10-6-5-7-11-19/h5-14,16H,3-4,15,17H2,1-2H3,(H,27,29). The van der Waals surface area contributed by atoms with Gasteiger partial charge < -0.3 is 10.1 Å². The lowest BCUT2D eigenvalue weighted by atomic mass is 10.2. The van der Waals surface area contributed by atoms with Crippen LogP contribution in [0, 0.1) is 0 Å². The molecular formula is C24H26ClN3O4S. The van der Waals surface area contributed by atoms with Gasteiger partial charge in [0.15, 0.2) is 0 Å². The van der Waals surface area contributed by atoms with Crippen LogP contribution < -0.4 is 14.4 Å². The Labute approximate surface area is 199 Å². The number of pyridine rings is 1. The van der Waals surface area contributed by atoms with Crippen LogP contribution >= 0.6 is 11.6 Å². The second-order valence-corrected chi connectivity index (χ2v) is 9.42. The van der Waals surface area contributed by atoms with Crippen LogP contribution in [0.5, 0.6) is 5.88 Å². The van der Waals surface area contributed by atoms with Crippen LogP contribution in [0.15, 0.2) is 71.8 Å². The van der Waals surface area contributed by atoms with E-state index in [9.17, 15) is 13.2 Å². The van der Waals surface area contributed by atoms with Crippen molar-refractivity contribution in [3.05, 3.63) is 83.0 Å². The number of hydrogen-bond acceptors (Lipinski definition) is 5. The number of ether oxygens (including phenoxy) is 1. The number of nitrogens with one attached hydrogen (secondary N) is 1. The van der Waals surface area contributed by atoms with E-state index in [0.29, 0.717) is 23.7 Å². The number of rotatable bonds is 10. The summed E-state index contributed by atoms with van der Waals surface area (Å²) >= 11 is 6.25. The zero-order valence-corrected chi connectivity index (χ0v) is 20.1. The molecule has 1 heterocycles. The van der Waals surface area contributed by atoms with Gasteiger partial charge in [-0.05, 0) is 49.7 Å². The van der Waals surface area contributed by atoms with Crippen molar-refractivity contribution in [3.8, 4) is 5.88 Å². The van der Waals surface area contributed by atoms with Gasteiger partial charge in [0.05, 0.1) is 27.8 Å². The Morgan fingerprint density at radius 2 is 1.85 bits per heavy atom. The van der Waals surface area contributed by atoms with E-state index in [4.69, 9.17) is 16.3 Å². The van der Waals surface area contributed by atoms with Crippen LogP contribution in [0.4, 0.5) is 5.69 Å². The summed E-state index contributed by atoms with van der Waals surface area (Å²) in [4.78, 5) is 17.1. The molecule has 0 aliphatic heterocycles. The van der Waals surface area contributed by atoms with Gasteiger partial charge >= 0.3 is 0 Å². The molecule has 0 aliphatic carbocycles. The van der Waals surface area contributed by atoms with Crippen molar-refractivity contribution >= 4 is 33.2 Å². The Balaban J connectivity index is 1.84. The third-order valence-corrected chi connectivity index (χ3v) is 7.06. The maximum Gasteiger partial charge on any atom is 0.264 e. The molecule has 2 aromatic carbocycles. The predicted octanol–water partition coefficient (Wildman–Crippen LogP) is 4.67. The Hall–Kier alpha value is -3.10. The summed E-state index contributed by atoms with van der Waals surface area (Å²) in [5.74, 6) is -0.0476. The van der Waals surface area contributed by atoms with E-state index < -0.39 is 15.9 Å². The maximum absolute atomic E-state index is 13.3. The molecule has 33 heavy (non-hydrogen) atoms. The number of carbonyl (C=O) groups is 1. The lowest BCUT2D eigenvalue weighted by Gasteiger charge is -2.23. The topological polar surface area (TPSA) is 88.6 Å². The van der Waals surface area contributed by atoms with Crippen LogP contribution in [0.3, 0.4) is 0 Å². The molecule has 0 saturated carbocycles. The largest absolute Gasteiger partial charge is 0.477 e. The Bertz CT molecular complexity index is 1200. The molecule has 1 N–H and O–H groups in total. The van der Waals surface area contributed by atoms with Gasteiger partial charge in [-0.25, -0.2) is 13.4 Å². The maximum atomic E-state index is 13.3. The third-order valence-electron chi connectivity index (χ3n) is 4.83. The van der Waals surface area contributed by atoms with E-state index in [1.54, 1.807) is 49.5 Å². The molecule has 0 aliphatic rings. The molecule has 3 aromatic rings. The van der Waals surface area contributed by atoms with Gasteiger partial charge in [-0.1, -0.05) is 42.8 Å². The second-order valence-electron chi connectivity index (χ2n) is 7.15.